The van der Waals surface area contributed by atoms with Crippen LogP contribution in [0.1, 0.15) is 31.2 Å². The Hall–Kier alpha value is -1.55. The summed E-state index contributed by atoms with van der Waals surface area (Å²) in [6, 6.07) is 7.76. The maximum absolute atomic E-state index is 11.4. The van der Waals surface area contributed by atoms with Crippen LogP contribution in [0.15, 0.2) is 24.3 Å². The third-order valence-corrected chi connectivity index (χ3v) is 3.15. The van der Waals surface area contributed by atoms with Gasteiger partial charge in [-0.25, -0.2) is 4.79 Å². The second-order valence-corrected chi connectivity index (χ2v) is 4.38. The highest BCUT2D eigenvalue weighted by atomic mass is 16.5. The smallest absolute Gasteiger partial charge is 0.334 e. The van der Waals surface area contributed by atoms with Gasteiger partial charge < -0.3 is 14.6 Å². The van der Waals surface area contributed by atoms with E-state index in [1.165, 1.54) is 0 Å². The van der Waals surface area contributed by atoms with Gasteiger partial charge in [-0.2, -0.15) is 0 Å². The molecule has 0 spiro atoms. The van der Waals surface area contributed by atoms with Crippen molar-refractivity contribution < 1.29 is 19.4 Å². The molecule has 2 unspecified atom stereocenters. The Balaban J connectivity index is 2.05. The molecule has 1 N–H and O–H groups in total. The largest absolute Gasteiger partial charge is 0.493 e. The molecule has 0 aromatic heterocycles. The van der Waals surface area contributed by atoms with Gasteiger partial charge in [0.1, 0.15) is 5.75 Å². The summed E-state index contributed by atoms with van der Waals surface area (Å²) < 4.78 is 10.4. The molecule has 18 heavy (non-hydrogen) atoms. The van der Waals surface area contributed by atoms with E-state index in [0.29, 0.717) is 19.6 Å². The van der Waals surface area contributed by atoms with E-state index in [2.05, 4.69) is 0 Å². The first-order valence-electron chi connectivity index (χ1n) is 6.28. The Bertz CT molecular complexity index is 416. The summed E-state index contributed by atoms with van der Waals surface area (Å²) in [6.07, 6.45) is 0.147. The van der Waals surface area contributed by atoms with Crippen LogP contribution < -0.4 is 4.74 Å². The van der Waals surface area contributed by atoms with Crippen LogP contribution in [0.3, 0.4) is 0 Å². The Morgan fingerprint density at radius 3 is 3.11 bits per heavy atom. The standard InChI is InChI=1S/C14H18O4/c1-2-17-14(16)12(15)9-10-7-8-18-13-6-4-3-5-11(10)13/h3-6,10,12,15H,2,7-9H2,1H3. The predicted octanol–water partition coefficient (Wildman–Crippen LogP) is 1.87. The van der Waals surface area contributed by atoms with Crippen LogP contribution in [0.5, 0.6) is 5.75 Å². The third kappa shape index (κ3) is 2.82. The molecule has 0 aliphatic carbocycles. The number of esters is 1. The normalized spacial score (nSPS) is 19.6. The van der Waals surface area contributed by atoms with Crippen molar-refractivity contribution in [3.8, 4) is 5.75 Å². The molecule has 0 radical (unpaired) electrons. The van der Waals surface area contributed by atoms with E-state index in [1.807, 2.05) is 24.3 Å². The van der Waals surface area contributed by atoms with E-state index < -0.39 is 12.1 Å². The molecule has 1 aromatic rings. The first kappa shape index (κ1) is 12.9. The molecule has 0 bridgehead atoms. The first-order chi connectivity index (χ1) is 8.72. The van der Waals surface area contributed by atoms with Gasteiger partial charge in [-0.3, -0.25) is 0 Å². The molecular formula is C14H18O4. The van der Waals surface area contributed by atoms with E-state index in [9.17, 15) is 9.90 Å². The highest BCUT2D eigenvalue weighted by molar-refractivity contribution is 5.74. The monoisotopic (exact) mass is 250 g/mol. The minimum atomic E-state index is -1.05. The Morgan fingerprint density at radius 2 is 2.33 bits per heavy atom. The molecular weight excluding hydrogens is 232 g/mol. The number of carbonyl (C=O) groups excluding carboxylic acids is 1. The number of para-hydroxylation sites is 1. The topological polar surface area (TPSA) is 55.8 Å². The van der Waals surface area contributed by atoms with Crippen molar-refractivity contribution in [1.82, 2.24) is 0 Å². The van der Waals surface area contributed by atoms with Gasteiger partial charge in [-0.15, -0.1) is 0 Å². The number of rotatable bonds is 4. The zero-order chi connectivity index (χ0) is 13.0. The zero-order valence-corrected chi connectivity index (χ0v) is 10.5. The average Bonchev–Trinajstić information content (AvgIpc) is 2.39. The predicted molar refractivity (Wildman–Crippen MR) is 66.6 cm³/mol. The van der Waals surface area contributed by atoms with Crippen molar-refractivity contribution in [2.45, 2.75) is 31.8 Å². The number of ether oxygens (including phenoxy) is 2. The number of aliphatic hydroxyl groups excluding tert-OH is 1. The van der Waals surface area contributed by atoms with Gasteiger partial charge in [0.05, 0.1) is 13.2 Å². The van der Waals surface area contributed by atoms with Gasteiger partial charge in [-0.05, 0) is 37.3 Å². The molecule has 2 atom stereocenters. The van der Waals surface area contributed by atoms with Crippen LogP contribution in [-0.4, -0.2) is 30.4 Å². The van der Waals surface area contributed by atoms with Gasteiger partial charge in [0.15, 0.2) is 6.10 Å². The second-order valence-electron chi connectivity index (χ2n) is 4.38. The van der Waals surface area contributed by atoms with Gasteiger partial charge >= 0.3 is 5.97 Å². The summed E-state index contributed by atoms with van der Waals surface area (Å²) in [5, 5.41) is 9.81. The lowest BCUT2D eigenvalue weighted by Gasteiger charge is -2.26. The summed E-state index contributed by atoms with van der Waals surface area (Å²) in [7, 11) is 0. The fourth-order valence-electron chi connectivity index (χ4n) is 2.26. The van der Waals surface area contributed by atoms with E-state index in [-0.39, 0.29) is 5.92 Å². The van der Waals surface area contributed by atoms with Crippen molar-refractivity contribution in [2.75, 3.05) is 13.2 Å². The lowest BCUT2D eigenvalue weighted by atomic mass is 9.88. The highest BCUT2D eigenvalue weighted by Crippen LogP contribution is 2.36. The summed E-state index contributed by atoms with van der Waals surface area (Å²) in [6.45, 7) is 2.64. The van der Waals surface area contributed by atoms with Crippen molar-refractivity contribution in [3.05, 3.63) is 29.8 Å². The Labute approximate surface area is 107 Å². The molecule has 4 heteroatoms. The fourth-order valence-corrected chi connectivity index (χ4v) is 2.26. The van der Waals surface area contributed by atoms with Crippen LogP contribution in [0.2, 0.25) is 0 Å². The highest BCUT2D eigenvalue weighted by Gasteiger charge is 2.27. The van der Waals surface area contributed by atoms with Gasteiger partial charge in [0.25, 0.3) is 0 Å². The van der Waals surface area contributed by atoms with Gasteiger partial charge in [0.2, 0.25) is 0 Å². The van der Waals surface area contributed by atoms with E-state index in [4.69, 9.17) is 9.47 Å². The van der Waals surface area contributed by atoms with Gasteiger partial charge in [-0.1, -0.05) is 18.2 Å². The van der Waals surface area contributed by atoms with E-state index in [0.717, 1.165) is 17.7 Å². The maximum atomic E-state index is 11.4. The number of fused-ring (bicyclic) bond motifs is 1. The van der Waals surface area contributed by atoms with Crippen LogP contribution in [0.4, 0.5) is 0 Å². The number of carbonyl (C=O) groups is 1. The number of hydrogen-bond donors (Lipinski definition) is 1. The van der Waals surface area contributed by atoms with Crippen molar-refractivity contribution in [2.24, 2.45) is 0 Å². The molecule has 0 amide bonds. The Morgan fingerprint density at radius 1 is 1.56 bits per heavy atom. The average molecular weight is 250 g/mol. The fraction of sp³-hybridized carbons (Fsp3) is 0.500. The van der Waals surface area contributed by atoms with Crippen LogP contribution in [0, 0.1) is 0 Å². The van der Waals surface area contributed by atoms with Crippen LogP contribution in [-0.2, 0) is 9.53 Å². The molecule has 2 rings (SSSR count). The molecule has 98 valence electrons. The summed E-state index contributed by atoms with van der Waals surface area (Å²) in [5.74, 6) is 0.459. The molecule has 1 aliphatic heterocycles. The molecule has 4 nitrogen and oxygen atoms in total. The second kappa shape index (κ2) is 5.87. The number of aliphatic hydroxyl groups is 1. The van der Waals surface area contributed by atoms with Crippen molar-refractivity contribution in [1.29, 1.82) is 0 Å². The third-order valence-electron chi connectivity index (χ3n) is 3.15. The minimum absolute atomic E-state index is 0.148. The zero-order valence-electron chi connectivity index (χ0n) is 10.5. The Kier molecular flexibility index (Phi) is 4.20. The molecule has 1 aromatic carbocycles. The lowest BCUT2D eigenvalue weighted by molar-refractivity contribution is -0.153. The van der Waals surface area contributed by atoms with E-state index in [1.54, 1.807) is 6.92 Å². The minimum Gasteiger partial charge on any atom is -0.493 e. The van der Waals surface area contributed by atoms with Crippen LogP contribution in [0.25, 0.3) is 0 Å². The maximum Gasteiger partial charge on any atom is 0.334 e. The van der Waals surface area contributed by atoms with Crippen molar-refractivity contribution in [3.63, 3.8) is 0 Å². The number of hydrogen-bond acceptors (Lipinski definition) is 4. The summed E-state index contributed by atoms with van der Waals surface area (Å²) >= 11 is 0. The summed E-state index contributed by atoms with van der Waals surface area (Å²) in [4.78, 5) is 11.4. The quantitative estimate of drug-likeness (QED) is 0.829. The van der Waals surface area contributed by atoms with Crippen LogP contribution >= 0.6 is 0 Å². The SMILES string of the molecule is CCOC(=O)C(O)CC1CCOc2ccccc21. The molecule has 0 fully saturated rings. The van der Waals surface area contributed by atoms with Crippen molar-refractivity contribution >= 4 is 5.97 Å². The first-order valence-corrected chi connectivity index (χ1v) is 6.28. The number of benzene rings is 1. The molecule has 1 heterocycles. The molecule has 1 aliphatic rings. The van der Waals surface area contributed by atoms with E-state index >= 15 is 0 Å². The molecule has 0 saturated heterocycles. The summed E-state index contributed by atoms with van der Waals surface area (Å²) in [5.41, 5.74) is 1.06. The molecule has 0 saturated carbocycles. The van der Waals surface area contributed by atoms with Gasteiger partial charge in [0, 0.05) is 0 Å². The lowest BCUT2D eigenvalue weighted by Crippen LogP contribution is -2.27.